The Morgan fingerprint density at radius 1 is 1.12 bits per heavy atom. The predicted molar refractivity (Wildman–Crippen MR) is 124 cm³/mol. The molecule has 9 nitrogen and oxygen atoms in total. The van der Waals surface area contributed by atoms with Gasteiger partial charge in [0.1, 0.15) is 0 Å². The number of methoxy groups -OCH3 is 1. The van der Waals surface area contributed by atoms with Gasteiger partial charge >= 0.3 is 5.97 Å². The van der Waals surface area contributed by atoms with Gasteiger partial charge in [-0.3, -0.25) is 14.4 Å². The molecule has 10 heteroatoms. The molecule has 4 rings (SSSR count). The number of ether oxygens (including phenoxy) is 1. The lowest BCUT2D eigenvalue weighted by Gasteiger charge is -2.29. The Balaban J connectivity index is 0.000000248. The fourth-order valence-electron chi connectivity index (χ4n) is 3.23. The summed E-state index contributed by atoms with van der Waals surface area (Å²) < 4.78 is 4.79. The third-order valence-electron chi connectivity index (χ3n) is 4.91. The number of carbonyl (C=O) groups is 4. The van der Waals surface area contributed by atoms with Gasteiger partial charge in [0.15, 0.2) is 5.78 Å². The van der Waals surface area contributed by atoms with Crippen molar-refractivity contribution in [2.45, 2.75) is 13.0 Å². The van der Waals surface area contributed by atoms with E-state index < -0.39 is 11.9 Å². The van der Waals surface area contributed by atoms with Gasteiger partial charge < -0.3 is 20.5 Å². The average molecular weight is 482 g/mol. The van der Waals surface area contributed by atoms with Gasteiger partial charge in [0.05, 0.1) is 36.9 Å². The maximum absolute atomic E-state index is 12.2. The van der Waals surface area contributed by atoms with E-state index in [0.29, 0.717) is 22.2 Å². The van der Waals surface area contributed by atoms with Gasteiger partial charge in [-0.25, -0.2) is 9.78 Å². The molecule has 0 bridgehead atoms. The smallest absolute Gasteiger partial charge is 0.335 e. The van der Waals surface area contributed by atoms with Crippen molar-refractivity contribution in [1.82, 2.24) is 4.98 Å². The van der Waals surface area contributed by atoms with Gasteiger partial charge in [0.2, 0.25) is 17.7 Å². The van der Waals surface area contributed by atoms with E-state index >= 15 is 0 Å². The molecule has 2 amide bonds. The van der Waals surface area contributed by atoms with Crippen LogP contribution in [0.3, 0.4) is 0 Å². The number of ketones is 1. The number of halogens is 1. The van der Waals surface area contributed by atoms with Crippen molar-refractivity contribution in [2.75, 3.05) is 12.0 Å². The molecule has 0 fully saturated rings. The third kappa shape index (κ3) is 5.76. The monoisotopic (exact) mass is 481 g/mol. The molecule has 1 aliphatic heterocycles. The topological polar surface area (TPSA) is 140 Å². The summed E-state index contributed by atoms with van der Waals surface area (Å²) in [6, 6.07) is 14.4. The number of rotatable bonds is 5. The van der Waals surface area contributed by atoms with Crippen LogP contribution in [0.15, 0.2) is 60.8 Å². The number of carboxylic acids is 1. The number of amides is 2. The van der Waals surface area contributed by atoms with Crippen LogP contribution in [-0.2, 0) is 11.3 Å². The zero-order valence-electron chi connectivity index (χ0n) is 18.0. The Morgan fingerprint density at radius 2 is 1.85 bits per heavy atom. The summed E-state index contributed by atoms with van der Waals surface area (Å²) >= 11 is 5.96. The lowest BCUT2D eigenvalue weighted by molar-refractivity contribution is -0.118. The number of fused-ring (bicyclic) bond motifs is 1. The Morgan fingerprint density at radius 3 is 2.44 bits per heavy atom. The number of pyridine rings is 1. The molecule has 0 aliphatic carbocycles. The van der Waals surface area contributed by atoms with E-state index in [2.05, 4.69) is 4.98 Å². The minimum atomic E-state index is -1.11. The van der Waals surface area contributed by atoms with Crippen LogP contribution in [0.25, 0.3) is 0 Å². The molecule has 0 radical (unpaired) electrons. The van der Waals surface area contributed by atoms with Crippen molar-refractivity contribution < 1.29 is 29.0 Å². The van der Waals surface area contributed by atoms with Crippen molar-refractivity contribution >= 4 is 40.9 Å². The average Bonchev–Trinajstić information content (AvgIpc) is 2.82. The summed E-state index contributed by atoms with van der Waals surface area (Å²) in [6.07, 6.45) is 1.11. The van der Waals surface area contributed by atoms with E-state index in [1.807, 2.05) is 6.07 Å². The normalized spacial score (nSPS) is 12.4. The number of nitrogens with zero attached hydrogens (tertiary/aromatic N) is 2. The van der Waals surface area contributed by atoms with Crippen LogP contribution in [-0.4, -0.2) is 40.8 Å². The van der Waals surface area contributed by atoms with Gasteiger partial charge in [-0.05, 0) is 42.0 Å². The van der Waals surface area contributed by atoms with Crippen molar-refractivity contribution in [1.29, 1.82) is 0 Å². The fourth-order valence-corrected chi connectivity index (χ4v) is 3.44. The molecule has 174 valence electrons. The number of carbonyl (C=O) groups excluding carboxylic acids is 3. The highest BCUT2D eigenvalue weighted by Crippen LogP contribution is 2.30. The first-order valence-corrected chi connectivity index (χ1v) is 10.3. The molecule has 0 saturated carbocycles. The van der Waals surface area contributed by atoms with Crippen LogP contribution in [0.2, 0.25) is 5.02 Å². The van der Waals surface area contributed by atoms with E-state index in [-0.39, 0.29) is 35.8 Å². The molecule has 1 aliphatic rings. The quantitative estimate of drug-likeness (QED) is 0.532. The van der Waals surface area contributed by atoms with Crippen LogP contribution < -0.4 is 15.4 Å². The zero-order valence-corrected chi connectivity index (χ0v) is 18.8. The summed E-state index contributed by atoms with van der Waals surface area (Å²) in [7, 11) is 1.51. The molecule has 1 aromatic heterocycles. The highest BCUT2D eigenvalue weighted by Gasteiger charge is 2.30. The van der Waals surface area contributed by atoms with Crippen molar-refractivity contribution in [3.05, 3.63) is 88.1 Å². The summed E-state index contributed by atoms with van der Waals surface area (Å²) in [6.45, 7) is 0.270. The second-order valence-corrected chi connectivity index (χ2v) is 7.64. The lowest BCUT2D eigenvalue weighted by Crippen LogP contribution is -2.37. The van der Waals surface area contributed by atoms with Gasteiger partial charge in [-0.2, -0.15) is 0 Å². The zero-order chi connectivity index (χ0) is 24.8. The van der Waals surface area contributed by atoms with Gasteiger partial charge in [-0.1, -0.05) is 23.7 Å². The minimum Gasteiger partial charge on any atom is -0.481 e. The van der Waals surface area contributed by atoms with Gasteiger partial charge in [0, 0.05) is 22.8 Å². The molecular weight excluding hydrogens is 462 g/mol. The molecule has 2 heterocycles. The standard InChI is InChI=1S/C17H12ClNO4.C7H8N2O2/c18-12-3-1-2-10(6-12)9-19-14-5-4-11(17(22)23)7-13(14)15(20)8-16(19)21;1-11-6-3-2-5(4-9-6)7(8)10/h1-7H,8-9H2,(H,22,23);2-4H,1H3,(H2,8,10). The highest BCUT2D eigenvalue weighted by atomic mass is 35.5. The molecule has 0 saturated heterocycles. The van der Waals surface area contributed by atoms with Gasteiger partial charge in [-0.15, -0.1) is 0 Å². The first-order valence-electron chi connectivity index (χ1n) is 9.94. The van der Waals surface area contributed by atoms with E-state index in [4.69, 9.17) is 27.2 Å². The summed E-state index contributed by atoms with van der Waals surface area (Å²) in [5.74, 6) is -1.81. The highest BCUT2D eigenvalue weighted by molar-refractivity contribution is 6.30. The summed E-state index contributed by atoms with van der Waals surface area (Å²) in [5, 5.41) is 9.61. The largest absolute Gasteiger partial charge is 0.481 e. The van der Waals surface area contributed by atoms with E-state index in [0.717, 1.165) is 5.56 Å². The molecule has 0 atom stereocenters. The Hall–Kier alpha value is -4.24. The number of Topliss-reactive ketones (excluding diaryl/α,β-unsaturated/α-hetero) is 1. The second kappa shape index (κ2) is 10.6. The number of aromatic carboxylic acids is 1. The van der Waals surface area contributed by atoms with E-state index in [1.54, 1.807) is 30.3 Å². The maximum Gasteiger partial charge on any atom is 0.335 e. The maximum atomic E-state index is 12.2. The number of carboxylic acid groups (broad SMARTS) is 1. The summed E-state index contributed by atoms with van der Waals surface area (Å²) in [4.78, 5) is 51.2. The second-order valence-electron chi connectivity index (χ2n) is 7.20. The third-order valence-corrected chi connectivity index (χ3v) is 5.14. The Labute approximate surface area is 199 Å². The predicted octanol–water partition coefficient (Wildman–Crippen LogP) is 3.35. The first kappa shape index (κ1) is 24.4. The number of benzene rings is 2. The summed E-state index contributed by atoms with van der Waals surface area (Å²) in [5.41, 5.74) is 6.90. The molecule has 3 N–H and O–H groups in total. The molecule has 2 aromatic carbocycles. The van der Waals surface area contributed by atoms with E-state index in [1.165, 1.54) is 36.4 Å². The van der Waals surface area contributed by atoms with Crippen LogP contribution in [0, 0.1) is 0 Å². The number of hydrogen-bond acceptors (Lipinski definition) is 6. The molecule has 0 unspecified atom stereocenters. The number of anilines is 1. The van der Waals surface area contributed by atoms with E-state index in [9.17, 15) is 19.2 Å². The lowest BCUT2D eigenvalue weighted by atomic mass is 9.97. The number of aromatic nitrogens is 1. The molecule has 3 aromatic rings. The minimum absolute atomic E-state index is 0.0224. The van der Waals surface area contributed by atoms with Gasteiger partial charge in [0.25, 0.3) is 0 Å². The van der Waals surface area contributed by atoms with Crippen LogP contribution in [0.1, 0.15) is 43.1 Å². The van der Waals surface area contributed by atoms with Crippen molar-refractivity contribution in [2.24, 2.45) is 5.73 Å². The number of nitrogens with two attached hydrogens (primary N) is 1. The Kier molecular flexibility index (Phi) is 7.60. The first-order chi connectivity index (χ1) is 16.2. The van der Waals surface area contributed by atoms with Crippen molar-refractivity contribution in [3.8, 4) is 5.88 Å². The van der Waals surface area contributed by atoms with Crippen LogP contribution in [0.5, 0.6) is 5.88 Å². The SMILES string of the molecule is COc1ccc(C(N)=O)cn1.O=C(O)c1ccc2c(c1)C(=O)CC(=O)N2Cc1cccc(Cl)c1. The number of primary amides is 1. The number of hydrogen-bond donors (Lipinski definition) is 2. The van der Waals surface area contributed by atoms with Crippen molar-refractivity contribution in [3.63, 3.8) is 0 Å². The molecular formula is C24H20ClN3O6. The fraction of sp³-hybridized carbons (Fsp3) is 0.125. The van der Waals surface area contributed by atoms with Crippen LogP contribution >= 0.6 is 11.6 Å². The molecule has 34 heavy (non-hydrogen) atoms. The van der Waals surface area contributed by atoms with Crippen LogP contribution in [0.4, 0.5) is 5.69 Å². The Bertz CT molecular complexity index is 1260. The molecule has 0 spiro atoms.